The van der Waals surface area contributed by atoms with Gasteiger partial charge in [0.1, 0.15) is 0 Å². The zero-order chi connectivity index (χ0) is 22.5. The van der Waals surface area contributed by atoms with Crippen LogP contribution >= 0.6 is 0 Å². The third-order valence-electron chi connectivity index (χ3n) is 8.12. The SMILES string of the molecule is Cc1c(C)c(C)c(N2CCN(C)CCN2c2c(C)c(C)c(C)c(C)c2C)c(C)c1C. The predicted molar refractivity (Wildman–Crippen MR) is 132 cm³/mol. The minimum Gasteiger partial charge on any atom is -0.303 e. The van der Waals surface area contributed by atoms with Crippen LogP contribution in [0.25, 0.3) is 0 Å². The van der Waals surface area contributed by atoms with Gasteiger partial charge in [0, 0.05) is 13.1 Å². The van der Waals surface area contributed by atoms with Crippen LogP contribution in [0.1, 0.15) is 55.6 Å². The lowest BCUT2D eigenvalue weighted by Gasteiger charge is -2.41. The molecule has 0 aromatic heterocycles. The average molecular weight is 408 g/mol. The number of hydrogen-bond donors (Lipinski definition) is 0. The molecule has 30 heavy (non-hydrogen) atoms. The van der Waals surface area contributed by atoms with Gasteiger partial charge >= 0.3 is 0 Å². The highest BCUT2D eigenvalue weighted by atomic mass is 15.6. The molecule has 0 bridgehead atoms. The summed E-state index contributed by atoms with van der Waals surface area (Å²) in [7, 11) is 2.25. The predicted octanol–water partition coefficient (Wildman–Crippen LogP) is 5.94. The van der Waals surface area contributed by atoms with Gasteiger partial charge in [-0.1, -0.05) is 0 Å². The third-order valence-corrected chi connectivity index (χ3v) is 8.12. The number of hydrogen-bond acceptors (Lipinski definition) is 3. The van der Waals surface area contributed by atoms with Crippen LogP contribution in [0.15, 0.2) is 0 Å². The minimum atomic E-state index is 1.00. The van der Waals surface area contributed by atoms with Crippen molar-refractivity contribution in [2.45, 2.75) is 69.2 Å². The second-order valence-corrected chi connectivity index (χ2v) is 9.50. The molecule has 1 fully saturated rings. The summed E-state index contributed by atoms with van der Waals surface area (Å²) in [4.78, 5) is 2.46. The van der Waals surface area contributed by atoms with E-state index in [1.807, 2.05) is 0 Å². The molecule has 3 heteroatoms. The summed E-state index contributed by atoms with van der Waals surface area (Å²) >= 11 is 0. The topological polar surface area (TPSA) is 9.72 Å². The van der Waals surface area contributed by atoms with Crippen molar-refractivity contribution >= 4 is 11.4 Å². The third kappa shape index (κ3) is 3.51. The molecule has 0 amide bonds. The molecule has 0 unspecified atom stereocenters. The van der Waals surface area contributed by atoms with Crippen LogP contribution in [-0.2, 0) is 0 Å². The van der Waals surface area contributed by atoms with Crippen molar-refractivity contribution in [3.8, 4) is 0 Å². The molecule has 1 heterocycles. The lowest BCUT2D eigenvalue weighted by atomic mass is 9.91. The van der Waals surface area contributed by atoms with Crippen molar-refractivity contribution < 1.29 is 0 Å². The molecule has 1 aliphatic heterocycles. The van der Waals surface area contributed by atoms with Gasteiger partial charge in [-0.2, -0.15) is 0 Å². The summed E-state index contributed by atoms with van der Waals surface area (Å²) in [5.74, 6) is 0. The fourth-order valence-corrected chi connectivity index (χ4v) is 5.08. The van der Waals surface area contributed by atoms with E-state index < -0.39 is 0 Å². The molecular weight excluding hydrogens is 366 g/mol. The van der Waals surface area contributed by atoms with Crippen molar-refractivity contribution in [3.63, 3.8) is 0 Å². The minimum absolute atomic E-state index is 1.00. The van der Waals surface area contributed by atoms with E-state index in [0.717, 1.165) is 26.2 Å². The molecule has 0 aliphatic carbocycles. The Balaban J connectivity index is 2.30. The van der Waals surface area contributed by atoms with E-state index in [1.165, 1.54) is 67.0 Å². The molecular formula is C27H41N3. The summed E-state index contributed by atoms with van der Waals surface area (Å²) < 4.78 is 0. The monoisotopic (exact) mass is 407 g/mol. The lowest BCUT2D eigenvalue weighted by Crippen LogP contribution is -2.46. The first-order valence-electron chi connectivity index (χ1n) is 11.4. The summed E-state index contributed by atoms with van der Waals surface area (Å²) in [5.41, 5.74) is 17.0. The van der Waals surface area contributed by atoms with E-state index in [2.05, 4.69) is 91.2 Å². The molecule has 0 atom stereocenters. The number of benzene rings is 2. The van der Waals surface area contributed by atoms with E-state index in [0.29, 0.717) is 0 Å². The van der Waals surface area contributed by atoms with Gasteiger partial charge in [0.25, 0.3) is 0 Å². The van der Waals surface area contributed by atoms with Gasteiger partial charge in [0.2, 0.25) is 0 Å². The van der Waals surface area contributed by atoms with Gasteiger partial charge < -0.3 is 4.90 Å². The second-order valence-electron chi connectivity index (χ2n) is 9.50. The van der Waals surface area contributed by atoms with Crippen LogP contribution in [0.2, 0.25) is 0 Å². The number of nitrogens with zero attached hydrogens (tertiary/aromatic N) is 3. The molecule has 1 aliphatic rings. The van der Waals surface area contributed by atoms with Crippen molar-refractivity contribution in [2.75, 3.05) is 43.2 Å². The quantitative estimate of drug-likeness (QED) is 0.609. The largest absolute Gasteiger partial charge is 0.303 e. The van der Waals surface area contributed by atoms with Gasteiger partial charge in [0.05, 0.1) is 24.5 Å². The molecule has 2 aromatic rings. The Morgan fingerprint density at radius 3 is 0.867 bits per heavy atom. The molecule has 0 saturated carbocycles. The number of rotatable bonds is 2. The Morgan fingerprint density at radius 1 is 0.367 bits per heavy atom. The van der Waals surface area contributed by atoms with E-state index in [1.54, 1.807) is 0 Å². The molecule has 1 saturated heterocycles. The first-order chi connectivity index (χ1) is 14.0. The highest BCUT2D eigenvalue weighted by molar-refractivity contribution is 5.73. The Bertz CT molecular complexity index is 849. The molecule has 3 rings (SSSR count). The fraction of sp³-hybridized carbons (Fsp3) is 0.556. The molecule has 0 radical (unpaired) electrons. The second kappa shape index (κ2) is 8.26. The van der Waals surface area contributed by atoms with Crippen LogP contribution in [0.4, 0.5) is 11.4 Å². The smallest absolute Gasteiger partial charge is 0.0638 e. The summed E-state index contributed by atoms with van der Waals surface area (Å²) in [6.07, 6.45) is 0. The molecule has 3 nitrogen and oxygen atoms in total. The highest BCUT2D eigenvalue weighted by Gasteiger charge is 2.29. The first-order valence-corrected chi connectivity index (χ1v) is 11.4. The van der Waals surface area contributed by atoms with Gasteiger partial charge in [-0.25, -0.2) is 0 Å². The zero-order valence-electron chi connectivity index (χ0n) is 21.2. The average Bonchev–Trinajstić information content (AvgIpc) is 2.90. The van der Waals surface area contributed by atoms with Crippen molar-refractivity contribution in [1.29, 1.82) is 0 Å². The lowest BCUT2D eigenvalue weighted by molar-refractivity contribution is 0.369. The van der Waals surface area contributed by atoms with Gasteiger partial charge in [0.15, 0.2) is 0 Å². The normalized spacial score (nSPS) is 15.7. The number of anilines is 2. The van der Waals surface area contributed by atoms with Crippen LogP contribution in [0.3, 0.4) is 0 Å². The summed E-state index contributed by atoms with van der Waals surface area (Å²) in [5, 5.41) is 5.19. The Kier molecular flexibility index (Phi) is 6.25. The van der Waals surface area contributed by atoms with Crippen LogP contribution < -0.4 is 10.0 Å². The van der Waals surface area contributed by atoms with Crippen molar-refractivity contribution in [1.82, 2.24) is 4.90 Å². The Hall–Kier alpha value is -2.00. The Labute approximate surface area is 184 Å². The zero-order valence-corrected chi connectivity index (χ0v) is 21.2. The standard InChI is InChI=1S/C27H41N3/c1-16-18(3)22(7)26(23(8)19(16)4)29-14-12-28(11)13-15-30(29)27-24(9)20(5)17(2)21(6)25(27)10/h12-15H2,1-11H3. The van der Waals surface area contributed by atoms with Crippen LogP contribution in [-0.4, -0.2) is 38.1 Å². The van der Waals surface area contributed by atoms with E-state index in [4.69, 9.17) is 0 Å². The van der Waals surface area contributed by atoms with Crippen molar-refractivity contribution in [2.24, 2.45) is 0 Å². The molecule has 164 valence electrons. The molecule has 0 spiro atoms. The van der Waals surface area contributed by atoms with E-state index in [9.17, 15) is 0 Å². The maximum atomic E-state index is 2.59. The van der Waals surface area contributed by atoms with Crippen LogP contribution in [0.5, 0.6) is 0 Å². The highest BCUT2D eigenvalue weighted by Crippen LogP contribution is 2.39. The van der Waals surface area contributed by atoms with Crippen LogP contribution in [0, 0.1) is 69.2 Å². The van der Waals surface area contributed by atoms with Gasteiger partial charge in [-0.15, -0.1) is 0 Å². The first kappa shape index (κ1) is 22.7. The molecule has 2 aromatic carbocycles. The number of likely N-dealkylation sites (N-methyl/N-ethyl adjacent to an activating group) is 1. The molecule has 0 N–H and O–H groups in total. The maximum absolute atomic E-state index is 2.59. The van der Waals surface area contributed by atoms with E-state index >= 15 is 0 Å². The Morgan fingerprint density at radius 2 is 0.600 bits per heavy atom. The van der Waals surface area contributed by atoms with Gasteiger partial charge in [-0.05, 0) is 132 Å². The fourth-order valence-electron chi connectivity index (χ4n) is 5.08. The van der Waals surface area contributed by atoms with E-state index in [-0.39, 0.29) is 0 Å². The van der Waals surface area contributed by atoms with Gasteiger partial charge in [-0.3, -0.25) is 10.0 Å². The number of hydrazine groups is 1. The summed E-state index contributed by atoms with van der Waals surface area (Å²) in [6.45, 7) is 27.1. The maximum Gasteiger partial charge on any atom is 0.0638 e. The summed E-state index contributed by atoms with van der Waals surface area (Å²) in [6, 6.07) is 0. The van der Waals surface area contributed by atoms with Crippen molar-refractivity contribution in [3.05, 3.63) is 55.6 Å².